The molecule has 1 N–H and O–H groups in total. The van der Waals surface area contributed by atoms with E-state index in [1.807, 2.05) is 0 Å². The van der Waals surface area contributed by atoms with Crippen LogP contribution in [-0.4, -0.2) is 29.6 Å². The van der Waals surface area contributed by atoms with Crippen LogP contribution in [-0.2, 0) is 20.8 Å². The lowest BCUT2D eigenvalue weighted by atomic mass is 10.1. The van der Waals surface area contributed by atoms with Crippen molar-refractivity contribution in [3.8, 4) is 0 Å². The van der Waals surface area contributed by atoms with Gasteiger partial charge in [0.25, 0.3) is 5.91 Å². The van der Waals surface area contributed by atoms with Gasteiger partial charge in [0.2, 0.25) is 5.91 Å². The lowest BCUT2D eigenvalue weighted by Gasteiger charge is -2.17. The molecule has 0 spiro atoms. The molecule has 138 valence electrons. The number of ketones is 1. The maximum atomic E-state index is 12.7. The van der Waals surface area contributed by atoms with Gasteiger partial charge in [-0.1, -0.05) is 24.3 Å². The molecular formula is C20H17N2O5-. The van der Waals surface area contributed by atoms with Crippen LogP contribution in [0.5, 0.6) is 0 Å². The van der Waals surface area contributed by atoms with E-state index in [2.05, 4.69) is 5.32 Å². The Bertz CT molecular complexity index is 920. The molecule has 0 radical (unpaired) electrons. The SMILES string of the molecule is CC(=O)c1cccc(N2C(=O)C[C@@H](Nc3ccc(CC(=O)[O-])cc3)C2=O)c1. The van der Waals surface area contributed by atoms with Crippen molar-refractivity contribution >= 4 is 34.9 Å². The van der Waals surface area contributed by atoms with Crippen molar-refractivity contribution in [2.45, 2.75) is 25.8 Å². The summed E-state index contributed by atoms with van der Waals surface area (Å²) in [7, 11) is 0. The van der Waals surface area contributed by atoms with Crippen molar-refractivity contribution in [2.75, 3.05) is 10.2 Å². The van der Waals surface area contributed by atoms with Crippen LogP contribution in [0, 0.1) is 0 Å². The zero-order valence-corrected chi connectivity index (χ0v) is 14.6. The third-order valence-electron chi connectivity index (χ3n) is 4.30. The molecule has 1 aliphatic rings. The van der Waals surface area contributed by atoms with Gasteiger partial charge in [-0.3, -0.25) is 14.4 Å². The molecule has 7 nitrogen and oxygen atoms in total. The number of anilines is 2. The third kappa shape index (κ3) is 4.03. The second kappa shape index (κ2) is 7.41. The van der Waals surface area contributed by atoms with Crippen LogP contribution in [0.15, 0.2) is 48.5 Å². The molecule has 0 saturated carbocycles. The van der Waals surface area contributed by atoms with Gasteiger partial charge < -0.3 is 15.2 Å². The molecule has 1 saturated heterocycles. The number of carboxylic acid groups (broad SMARTS) is 1. The van der Waals surface area contributed by atoms with Gasteiger partial charge in [-0.15, -0.1) is 0 Å². The van der Waals surface area contributed by atoms with E-state index >= 15 is 0 Å². The summed E-state index contributed by atoms with van der Waals surface area (Å²) in [6.07, 6.45) is -0.203. The molecule has 1 aliphatic heterocycles. The molecule has 1 fully saturated rings. The van der Waals surface area contributed by atoms with Gasteiger partial charge >= 0.3 is 0 Å². The minimum Gasteiger partial charge on any atom is -0.550 e. The fraction of sp³-hybridized carbons (Fsp3) is 0.200. The Morgan fingerprint density at radius 3 is 2.48 bits per heavy atom. The van der Waals surface area contributed by atoms with E-state index in [4.69, 9.17) is 0 Å². The number of carbonyl (C=O) groups excluding carboxylic acids is 4. The number of carboxylic acids is 1. The number of imide groups is 1. The van der Waals surface area contributed by atoms with Crippen molar-refractivity contribution < 1.29 is 24.3 Å². The molecule has 3 rings (SSSR count). The molecule has 1 atom stereocenters. The minimum absolute atomic E-state index is 0.00999. The predicted molar refractivity (Wildman–Crippen MR) is 96.1 cm³/mol. The van der Waals surface area contributed by atoms with Crippen molar-refractivity contribution in [1.82, 2.24) is 0 Å². The summed E-state index contributed by atoms with van der Waals surface area (Å²) >= 11 is 0. The molecule has 0 aliphatic carbocycles. The largest absolute Gasteiger partial charge is 0.550 e. The van der Waals surface area contributed by atoms with Gasteiger partial charge in [-0.2, -0.15) is 0 Å². The zero-order chi connectivity index (χ0) is 19.6. The average Bonchev–Trinajstić information content (AvgIpc) is 2.90. The maximum Gasteiger partial charge on any atom is 0.256 e. The number of nitrogens with one attached hydrogen (secondary N) is 1. The van der Waals surface area contributed by atoms with E-state index in [-0.39, 0.29) is 24.5 Å². The van der Waals surface area contributed by atoms with Crippen LogP contribution < -0.4 is 15.3 Å². The van der Waals surface area contributed by atoms with E-state index in [1.165, 1.54) is 13.0 Å². The first kappa shape index (κ1) is 18.3. The van der Waals surface area contributed by atoms with Crippen molar-refractivity contribution in [3.05, 3.63) is 59.7 Å². The Morgan fingerprint density at radius 2 is 1.85 bits per heavy atom. The highest BCUT2D eigenvalue weighted by Gasteiger charge is 2.39. The first-order valence-electron chi connectivity index (χ1n) is 8.38. The van der Waals surface area contributed by atoms with Crippen molar-refractivity contribution in [1.29, 1.82) is 0 Å². The Hall–Kier alpha value is -3.48. The number of benzene rings is 2. The van der Waals surface area contributed by atoms with Gasteiger partial charge in [0, 0.05) is 23.6 Å². The molecule has 0 aromatic heterocycles. The molecule has 0 bridgehead atoms. The van der Waals surface area contributed by atoms with Crippen LogP contribution in [0.2, 0.25) is 0 Å². The topological polar surface area (TPSA) is 107 Å². The van der Waals surface area contributed by atoms with Crippen LogP contribution in [0.1, 0.15) is 29.3 Å². The van der Waals surface area contributed by atoms with E-state index in [1.54, 1.807) is 42.5 Å². The molecular weight excluding hydrogens is 348 g/mol. The normalized spacial score (nSPS) is 16.5. The number of amides is 2. The molecule has 7 heteroatoms. The lowest BCUT2D eigenvalue weighted by molar-refractivity contribution is -0.304. The maximum absolute atomic E-state index is 12.7. The summed E-state index contributed by atoms with van der Waals surface area (Å²) in [6, 6.07) is 12.2. The first-order chi connectivity index (χ1) is 12.8. The quantitative estimate of drug-likeness (QED) is 0.603. The Morgan fingerprint density at radius 1 is 1.15 bits per heavy atom. The van der Waals surface area contributed by atoms with Gasteiger partial charge in [0.05, 0.1) is 12.1 Å². The highest BCUT2D eigenvalue weighted by molar-refractivity contribution is 6.23. The highest BCUT2D eigenvalue weighted by Crippen LogP contribution is 2.26. The van der Waals surface area contributed by atoms with Crippen LogP contribution in [0.3, 0.4) is 0 Å². The molecule has 0 unspecified atom stereocenters. The number of nitrogens with zero attached hydrogens (tertiary/aromatic N) is 1. The fourth-order valence-electron chi connectivity index (χ4n) is 2.97. The monoisotopic (exact) mass is 365 g/mol. The number of rotatable bonds is 6. The average molecular weight is 365 g/mol. The summed E-state index contributed by atoms with van der Waals surface area (Å²) in [4.78, 5) is 48.3. The van der Waals surface area contributed by atoms with Gasteiger partial charge in [0.1, 0.15) is 6.04 Å². The second-order valence-electron chi connectivity index (χ2n) is 6.32. The molecule has 2 amide bonds. The molecule has 1 heterocycles. The number of hydrogen-bond acceptors (Lipinski definition) is 6. The van der Waals surface area contributed by atoms with E-state index < -0.39 is 17.9 Å². The number of Topliss-reactive ketones (excluding diaryl/α,β-unsaturated/α-hetero) is 1. The Labute approximate surface area is 155 Å². The smallest absolute Gasteiger partial charge is 0.256 e. The second-order valence-corrected chi connectivity index (χ2v) is 6.32. The van der Waals surface area contributed by atoms with Crippen molar-refractivity contribution in [3.63, 3.8) is 0 Å². The summed E-state index contributed by atoms with van der Waals surface area (Å²) in [5.74, 6) is -2.08. The third-order valence-corrected chi connectivity index (χ3v) is 4.30. The van der Waals surface area contributed by atoms with Gasteiger partial charge in [-0.05, 0) is 36.8 Å². The van der Waals surface area contributed by atoms with Crippen LogP contribution in [0.25, 0.3) is 0 Å². The predicted octanol–water partition coefficient (Wildman–Crippen LogP) is 0.926. The van der Waals surface area contributed by atoms with E-state index in [0.29, 0.717) is 22.5 Å². The summed E-state index contributed by atoms with van der Waals surface area (Å²) in [5, 5.41) is 13.6. The van der Waals surface area contributed by atoms with Gasteiger partial charge in [0.15, 0.2) is 5.78 Å². The summed E-state index contributed by atoms with van der Waals surface area (Å²) < 4.78 is 0. The Kier molecular flexibility index (Phi) is 5.03. The highest BCUT2D eigenvalue weighted by atomic mass is 16.4. The number of aliphatic carboxylic acids is 1. The summed E-state index contributed by atoms with van der Waals surface area (Å²) in [5.41, 5.74) is 1.97. The zero-order valence-electron chi connectivity index (χ0n) is 14.6. The fourth-order valence-corrected chi connectivity index (χ4v) is 2.97. The number of carbonyl (C=O) groups is 4. The lowest BCUT2D eigenvalue weighted by Crippen LogP contribution is -2.34. The molecule has 27 heavy (non-hydrogen) atoms. The van der Waals surface area contributed by atoms with Gasteiger partial charge in [-0.25, -0.2) is 4.90 Å². The van der Waals surface area contributed by atoms with Crippen LogP contribution in [0.4, 0.5) is 11.4 Å². The summed E-state index contributed by atoms with van der Waals surface area (Å²) in [6.45, 7) is 1.42. The molecule has 2 aromatic rings. The Balaban J connectivity index is 1.75. The molecule has 2 aromatic carbocycles. The van der Waals surface area contributed by atoms with Crippen LogP contribution >= 0.6 is 0 Å². The van der Waals surface area contributed by atoms with E-state index in [9.17, 15) is 24.3 Å². The first-order valence-corrected chi connectivity index (χ1v) is 8.38. The standard InChI is InChI=1S/C20H18N2O5/c1-12(23)14-3-2-4-16(10-14)22-18(24)11-17(20(22)27)21-15-7-5-13(6-8-15)9-19(25)26/h2-8,10,17,21H,9,11H2,1H3,(H,25,26)/p-1/t17-/m1/s1. The van der Waals surface area contributed by atoms with Crippen molar-refractivity contribution in [2.24, 2.45) is 0 Å². The minimum atomic E-state index is -1.17. The number of hydrogen-bond donors (Lipinski definition) is 1. The van der Waals surface area contributed by atoms with E-state index in [0.717, 1.165) is 4.90 Å².